The number of hydrogen-bond donors (Lipinski definition) is 2. The summed E-state index contributed by atoms with van der Waals surface area (Å²) in [5, 5.41) is 5.33. The molecule has 0 saturated heterocycles. The molecule has 1 aromatic carbocycles. The number of allylic oxidation sites excluding steroid dienone is 1. The summed E-state index contributed by atoms with van der Waals surface area (Å²) in [7, 11) is 2.91. The first-order valence-corrected chi connectivity index (χ1v) is 6.49. The van der Waals surface area contributed by atoms with Gasteiger partial charge in [-0.1, -0.05) is 6.07 Å². The zero-order chi connectivity index (χ0) is 15.6. The van der Waals surface area contributed by atoms with Gasteiger partial charge in [-0.2, -0.15) is 0 Å². The highest BCUT2D eigenvalue weighted by atomic mass is 16.5. The van der Waals surface area contributed by atoms with Gasteiger partial charge in [0.25, 0.3) is 0 Å². The van der Waals surface area contributed by atoms with E-state index in [1.807, 2.05) is 25.1 Å². The molecule has 0 fully saturated rings. The Hall–Kier alpha value is -2.50. The minimum absolute atomic E-state index is 0.348. The van der Waals surface area contributed by atoms with Crippen LogP contribution in [0.25, 0.3) is 0 Å². The van der Waals surface area contributed by atoms with Gasteiger partial charge in [0.2, 0.25) is 0 Å². The first-order valence-electron chi connectivity index (χ1n) is 6.49. The lowest BCUT2D eigenvalue weighted by Gasteiger charge is -2.28. The van der Waals surface area contributed by atoms with E-state index in [1.54, 1.807) is 14.0 Å². The molecule has 1 aromatic rings. The molecule has 2 N–H and O–H groups in total. The smallest absolute Gasteiger partial charge is 0.337 e. The minimum atomic E-state index is -0.546. The molecule has 2 amide bonds. The molecule has 21 heavy (non-hydrogen) atoms. The van der Waals surface area contributed by atoms with Crippen LogP contribution in [0.3, 0.4) is 0 Å². The molecule has 0 bridgehead atoms. The number of esters is 1. The average molecular weight is 290 g/mol. The number of amides is 2. The molecule has 2 rings (SSSR count). The van der Waals surface area contributed by atoms with Gasteiger partial charge in [0.05, 0.1) is 25.8 Å². The van der Waals surface area contributed by atoms with Gasteiger partial charge < -0.3 is 20.1 Å². The summed E-state index contributed by atoms with van der Waals surface area (Å²) in [6, 6.07) is 4.61. The number of carbonyl (C=O) groups is 2. The molecule has 6 nitrogen and oxygen atoms in total. The zero-order valence-corrected chi connectivity index (χ0v) is 12.4. The number of benzene rings is 1. The monoisotopic (exact) mass is 290 g/mol. The van der Waals surface area contributed by atoms with Gasteiger partial charge in [0.1, 0.15) is 5.75 Å². The minimum Gasteiger partial charge on any atom is -0.496 e. The Kier molecular flexibility index (Phi) is 4.16. The van der Waals surface area contributed by atoms with E-state index in [-0.39, 0.29) is 6.03 Å². The van der Waals surface area contributed by atoms with Crippen LogP contribution in [0, 0.1) is 6.92 Å². The summed E-state index contributed by atoms with van der Waals surface area (Å²) < 4.78 is 10.0. The first kappa shape index (κ1) is 14.9. The first-order chi connectivity index (χ1) is 9.97. The van der Waals surface area contributed by atoms with Gasteiger partial charge in [-0.05, 0) is 37.1 Å². The second kappa shape index (κ2) is 5.87. The van der Waals surface area contributed by atoms with E-state index >= 15 is 0 Å². The van der Waals surface area contributed by atoms with Crippen LogP contribution < -0.4 is 15.4 Å². The van der Waals surface area contributed by atoms with Crippen molar-refractivity contribution in [1.82, 2.24) is 10.6 Å². The van der Waals surface area contributed by atoms with Crippen molar-refractivity contribution in [1.29, 1.82) is 0 Å². The topological polar surface area (TPSA) is 76.7 Å². The Morgan fingerprint density at radius 1 is 1.24 bits per heavy atom. The lowest BCUT2D eigenvalue weighted by atomic mass is 9.94. The molecule has 0 unspecified atom stereocenters. The van der Waals surface area contributed by atoms with Crippen LogP contribution in [0.1, 0.15) is 24.1 Å². The molecule has 6 heteroatoms. The van der Waals surface area contributed by atoms with E-state index < -0.39 is 12.0 Å². The van der Waals surface area contributed by atoms with Crippen molar-refractivity contribution >= 4 is 12.0 Å². The van der Waals surface area contributed by atoms with Gasteiger partial charge in [-0.15, -0.1) is 0 Å². The van der Waals surface area contributed by atoms with Crippen LogP contribution in [-0.2, 0) is 9.53 Å². The molecule has 0 radical (unpaired) electrons. The average Bonchev–Trinajstić information content (AvgIpc) is 2.45. The van der Waals surface area contributed by atoms with Crippen molar-refractivity contribution in [3.05, 3.63) is 40.6 Å². The van der Waals surface area contributed by atoms with Crippen molar-refractivity contribution in [2.45, 2.75) is 19.9 Å². The van der Waals surface area contributed by atoms with Crippen molar-refractivity contribution in [3.63, 3.8) is 0 Å². The Morgan fingerprint density at radius 2 is 1.95 bits per heavy atom. The number of carbonyl (C=O) groups excluding carboxylic acids is 2. The summed E-state index contributed by atoms with van der Waals surface area (Å²) in [5.41, 5.74) is 2.60. The Bertz CT molecular complexity index is 622. The summed E-state index contributed by atoms with van der Waals surface area (Å²) in [6.07, 6.45) is 0. The van der Waals surface area contributed by atoms with Crippen molar-refractivity contribution in [2.24, 2.45) is 0 Å². The number of methoxy groups -OCH3 is 2. The fraction of sp³-hybridized carbons (Fsp3) is 0.333. The molecule has 0 aromatic heterocycles. The van der Waals surface area contributed by atoms with E-state index in [0.717, 1.165) is 16.9 Å². The molecule has 0 saturated carbocycles. The molecule has 1 heterocycles. The van der Waals surface area contributed by atoms with Crippen LogP contribution >= 0.6 is 0 Å². The summed E-state index contributed by atoms with van der Waals surface area (Å²) in [6.45, 7) is 3.58. The summed E-state index contributed by atoms with van der Waals surface area (Å²) in [5.74, 6) is 0.276. The quantitative estimate of drug-likeness (QED) is 0.832. The summed E-state index contributed by atoms with van der Waals surface area (Å²) in [4.78, 5) is 23.7. The number of nitrogens with one attached hydrogen (secondary N) is 2. The Morgan fingerprint density at radius 3 is 2.52 bits per heavy atom. The fourth-order valence-corrected chi connectivity index (χ4v) is 2.41. The maximum atomic E-state index is 12.0. The molecular formula is C15H18N2O4. The standard InChI is InChI=1S/C15H18N2O4/c1-8-7-10(5-6-11(8)20-3)13-12(14(18)21-4)9(2)16-15(19)17-13/h5-7,13H,1-4H3,(H2,16,17,19)/t13-/m0/s1. The molecule has 1 aliphatic rings. The second-order valence-electron chi connectivity index (χ2n) is 4.79. The van der Waals surface area contributed by atoms with Crippen molar-refractivity contribution in [3.8, 4) is 5.75 Å². The van der Waals surface area contributed by atoms with E-state index in [0.29, 0.717) is 11.3 Å². The lowest BCUT2D eigenvalue weighted by Crippen LogP contribution is -2.45. The lowest BCUT2D eigenvalue weighted by molar-refractivity contribution is -0.136. The zero-order valence-electron chi connectivity index (χ0n) is 12.4. The highest BCUT2D eigenvalue weighted by Crippen LogP contribution is 2.30. The molecule has 1 aliphatic heterocycles. The predicted octanol–water partition coefficient (Wildman–Crippen LogP) is 1.80. The predicted molar refractivity (Wildman–Crippen MR) is 76.9 cm³/mol. The van der Waals surface area contributed by atoms with Gasteiger partial charge in [0.15, 0.2) is 0 Å². The van der Waals surface area contributed by atoms with Crippen LogP contribution in [-0.4, -0.2) is 26.2 Å². The highest BCUT2D eigenvalue weighted by molar-refractivity contribution is 5.94. The number of aryl methyl sites for hydroxylation is 1. The van der Waals surface area contributed by atoms with E-state index in [9.17, 15) is 9.59 Å². The van der Waals surface area contributed by atoms with Crippen LogP contribution in [0.15, 0.2) is 29.5 Å². The van der Waals surface area contributed by atoms with E-state index in [4.69, 9.17) is 9.47 Å². The fourth-order valence-electron chi connectivity index (χ4n) is 2.41. The third-order valence-corrected chi connectivity index (χ3v) is 3.43. The molecular weight excluding hydrogens is 272 g/mol. The molecule has 1 atom stereocenters. The maximum Gasteiger partial charge on any atom is 0.337 e. The van der Waals surface area contributed by atoms with E-state index in [2.05, 4.69) is 10.6 Å². The Balaban J connectivity index is 2.48. The number of urea groups is 1. The number of rotatable bonds is 3. The third-order valence-electron chi connectivity index (χ3n) is 3.43. The maximum absolute atomic E-state index is 12.0. The molecule has 0 spiro atoms. The normalized spacial score (nSPS) is 17.9. The Labute approximate surface area is 123 Å². The van der Waals surface area contributed by atoms with Gasteiger partial charge >= 0.3 is 12.0 Å². The highest BCUT2D eigenvalue weighted by Gasteiger charge is 2.31. The largest absolute Gasteiger partial charge is 0.496 e. The van der Waals surface area contributed by atoms with Crippen LogP contribution in [0.2, 0.25) is 0 Å². The molecule has 0 aliphatic carbocycles. The van der Waals surface area contributed by atoms with E-state index in [1.165, 1.54) is 7.11 Å². The van der Waals surface area contributed by atoms with Crippen LogP contribution in [0.5, 0.6) is 5.75 Å². The SMILES string of the molecule is COC(=O)C1=C(C)NC(=O)N[C@H]1c1ccc(OC)c(C)c1. The van der Waals surface area contributed by atoms with Gasteiger partial charge in [0, 0.05) is 5.70 Å². The number of hydrogen-bond acceptors (Lipinski definition) is 4. The van der Waals surface area contributed by atoms with Crippen molar-refractivity contribution < 1.29 is 19.1 Å². The number of ether oxygens (including phenoxy) is 2. The van der Waals surface area contributed by atoms with Gasteiger partial charge in [-0.3, -0.25) is 0 Å². The van der Waals surface area contributed by atoms with Gasteiger partial charge in [-0.25, -0.2) is 9.59 Å². The van der Waals surface area contributed by atoms with Crippen molar-refractivity contribution in [2.75, 3.05) is 14.2 Å². The molecule has 112 valence electrons. The van der Waals surface area contributed by atoms with Crippen LogP contribution in [0.4, 0.5) is 4.79 Å². The second-order valence-corrected chi connectivity index (χ2v) is 4.79. The summed E-state index contributed by atoms with van der Waals surface area (Å²) >= 11 is 0. The third kappa shape index (κ3) is 2.84.